The van der Waals surface area contributed by atoms with Gasteiger partial charge in [0.15, 0.2) is 0 Å². The molecule has 6 heteroatoms. The van der Waals surface area contributed by atoms with E-state index in [1.807, 2.05) is 34.6 Å². The highest BCUT2D eigenvalue weighted by Crippen LogP contribution is 2.13. The third kappa shape index (κ3) is 11.5. The molecule has 0 amide bonds. The van der Waals surface area contributed by atoms with Gasteiger partial charge in [0.25, 0.3) is 0 Å². The summed E-state index contributed by atoms with van der Waals surface area (Å²) in [5, 5.41) is 0. The smallest absolute Gasteiger partial charge is 0.323 e. The SMILES string of the molecule is CC(C)OC(=O)CC[C@@H](N[Si](C)(C)C)C(=O)OC(C)(C)C. The number of hydrogen-bond donors (Lipinski definition) is 1. The third-order valence-corrected chi connectivity index (χ3v) is 3.52. The molecule has 0 heterocycles. The quantitative estimate of drug-likeness (QED) is 0.578. The first-order valence-electron chi connectivity index (χ1n) is 7.50. The van der Waals surface area contributed by atoms with E-state index >= 15 is 0 Å². The minimum absolute atomic E-state index is 0.137. The predicted octanol–water partition coefficient (Wildman–Crippen LogP) is 2.85. The number of carbonyl (C=O) groups is 2. The molecule has 0 fully saturated rings. The van der Waals surface area contributed by atoms with E-state index in [0.29, 0.717) is 6.42 Å². The van der Waals surface area contributed by atoms with Crippen LogP contribution in [-0.4, -0.2) is 37.9 Å². The van der Waals surface area contributed by atoms with Gasteiger partial charge >= 0.3 is 11.9 Å². The molecule has 5 nitrogen and oxygen atoms in total. The van der Waals surface area contributed by atoms with Gasteiger partial charge in [-0.2, -0.15) is 0 Å². The molecular formula is C15H31NO4Si. The van der Waals surface area contributed by atoms with Crippen LogP contribution in [0.1, 0.15) is 47.5 Å². The number of hydrogen-bond acceptors (Lipinski definition) is 5. The molecule has 124 valence electrons. The predicted molar refractivity (Wildman–Crippen MR) is 86.6 cm³/mol. The zero-order chi connectivity index (χ0) is 16.8. The highest BCUT2D eigenvalue weighted by atomic mass is 28.3. The second-order valence-corrected chi connectivity index (χ2v) is 12.3. The van der Waals surface area contributed by atoms with Gasteiger partial charge in [0, 0.05) is 6.42 Å². The monoisotopic (exact) mass is 317 g/mol. The van der Waals surface area contributed by atoms with Crippen molar-refractivity contribution in [1.29, 1.82) is 0 Å². The molecule has 0 aliphatic heterocycles. The van der Waals surface area contributed by atoms with Crippen molar-refractivity contribution in [3.63, 3.8) is 0 Å². The molecule has 0 aromatic rings. The Morgan fingerprint density at radius 1 is 1.14 bits per heavy atom. The van der Waals surface area contributed by atoms with Crippen molar-refractivity contribution >= 4 is 20.2 Å². The van der Waals surface area contributed by atoms with Crippen LogP contribution in [0.5, 0.6) is 0 Å². The minimum Gasteiger partial charge on any atom is -0.463 e. The Balaban J connectivity index is 4.68. The van der Waals surface area contributed by atoms with Gasteiger partial charge in [0.2, 0.25) is 0 Å². The molecule has 0 aliphatic rings. The molecule has 0 radical (unpaired) electrons. The van der Waals surface area contributed by atoms with Crippen molar-refractivity contribution in [3.05, 3.63) is 0 Å². The second kappa shape index (κ2) is 7.94. The maximum atomic E-state index is 12.3. The van der Waals surface area contributed by atoms with Crippen LogP contribution >= 0.6 is 0 Å². The van der Waals surface area contributed by atoms with E-state index in [9.17, 15) is 9.59 Å². The molecule has 0 aromatic heterocycles. The van der Waals surface area contributed by atoms with E-state index in [1.54, 1.807) is 0 Å². The lowest BCUT2D eigenvalue weighted by molar-refractivity contribution is -0.157. The second-order valence-electron chi connectivity index (χ2n) is 7.56. The molecule has 1 N–H and O–H groups in total. The summed E-state index contributed by atoms with van der Waals surface area (Å²) in [6.07, 6.45) is 0.465. The van der Waals surface area contributed by atoms with E-state index in [0.717, 1.165) is 0 Å². The summed E-state index contributed by atoms with van der Waals surface area (Å²) >= 11 is 0. The summed E-state index contributed by atoms with van der Waals surface area (Å²) in [5.74, 6) is -0.585. The summed E-state index contributed by atoms with van der Waals surface area (Å²) in [5.41, 5.74) is -0.533. The summed E-state index contributed by atoms with van der Waals surface area (Å²) in [6, 6.07) is -0.462. The van der Waals surface area contributed by atoms with Crippen molar-refractivity contribution in [2.45, 2.75) is 84.8 Å². The molecule has 0 unspecified atom stereocenters. The fraction of sp³-hybridized carbons (Fsp3) is 0.867. The lowest BCUT2D eigenvalue weighted by Gasteiger charge is -2.29. The van der Waals surface area contributed by atoms with Gasteiger partial charge in [0.05, 0.1) is 6.10 Å². The molecule has 21 heavy (non-hydrogen) atoms. The molecular weight excluding hydrogens is 286 g/mol. The van der Waals surface area contributed by atoms with Gasteiger partial charge in [0.1, 0.15) is 19.9 Å². The first-order valence-corrected chi connectivity index (χ1v) is 11.0. The molecule has 0 saturated heterocycles. The summed E-state index contributed by atoms with van der Waals surface area (Å²) in [7, 11) is -1.67. The fourth-order valence-corrected chi connectivity index (χ4v) is 3.04. The van der Waals surface area contributed by atoms with Crippen LogP contribution in [-0.2, 0) is 19.1 Å². The first-order chi connectivity index (χ1) is 9.30. The van der Waals surface area contributed by atoms with Crippen molar-refractivity contribution < 1.29 is 19.1 Å². The molecule has 0 spiro atoms. The van der Waals surface area contributed by atoms with E-state index in [1.165, 1.54) is 0 Å². The number of ether oxygens (including phenoxy) is 2. The highest BCUT2D eigenvalue weighted by Gasteiger charge is 2.29. The number of carbonyl (C=O) groups excluding carboxylic acids is 2. The lowest BCUT2D eigenvalue weighted by atomic mass is 10.1. The molecule has 0 rings (SSSR count). The van der Waals surface area contributed by atoms with Crippen LogP contribution in [0.25, 0.3) is 0 Å². The minimum atomic E-state index is -1.67. The van der Waals surface area contributed by atoms with Crippen molar-refractivity contribution in [1.82, 2.24) is 4.98 Å². The van der Waals surface area contributed by atoms with Crippen LogP contribution in [0.2, 0.25) is 19.6 Å². The van der Waals surface area contributed by atoms with Gasteiger partial charge in [-0.3, -0.25) is 9.59 Å². The van der Waals surface area contributed by atoms with Crippen LogP contribution in [0.4, 0.5) is 0 Å². The Labute approximate surface area is 129 Å². The third-order valence-electron chi connectivity index (χ3n) is 2.30. The highest BCUT2D eigenvalue weighted by molar-refractivity contribution is 6.73. The van der Waals surface area contributed by atoms with E-state index in [4.69, 9.17) is 9.47 Å². The maximum absolute atomic E-state index is 12.3. The molecule has 0 bridgehead atoms. The number of nitrogens with one attached hydrogen (secondary N) is 1. The Hall–Kier alpha value is -0.883. The van der Waals surface area contributed by atoms with Crippen molar-refractivity contribution in [2.24, 2.45) is 0 Å². The van der Waals surface area contributed by atoms with Crippen LogP contribution < -0.4 is 4.98 Å². The standard InChI is InChI=1S/C15H31NO4Si/c1-11(2)19-13(17)10-9-12(16-21(6,7)8)14(18)20-15(3,4)5/h11-12,16H,9-10H2,1-8H3/t12-/m1/s1. The van der Waals surface area contributed by atoms with Gasteiger partial charge < -0.3 is 14.5 Å². The van der Waals surface area contributed by atoms with Gasteiger partial charge in [-0.15, -0.1) is 0 Å². The summed E-state index contributed by atoms with van der Waals surface area (Å²) in [6.45, 7) is 15.5. The lowest BCUT2D eigenvalue weighted by Crippen LogP contribution is -2.52. The molecule has 0 aliphatic carbocycles. The average Bonchev–Trinajstić information content (AvgIpc) is 2.18. The van der Waals surface area contributed by atoms with Gasteiger partial charge in [-0.05, 0) is 41.0 Å². The summed E-state index contributed by atoms with van der Waals surface area (Å²) < 4.78 is 10.5. The van der Waals surface area contributed by atoms with Crippen molar-refractivity contribution in [2.75, 3.05) is 0 Å². The van der Waals surface area contributed by atoms with Crippen LogP contribution in [0.15, 0.2) is 0 Å². The summed E-state index contributed by atoms with van der Waals surface area (Å²) in [4.78, 5) is 27.2. The van der Waals surface area contributed by atoms with E-state index < -0.39 is 19.9 Å². The zero-order valence-corrected chi connectivity index (χ0v) is 15.7. The fourth-order valence-electron chi connectivity index (χ4n) is 1.73. The Bertz CT molecular complexity index is 356. The largest absolute Gasteiger partial charge is 0.463 e. The van der Waals surface area contributed by atoms with Crippen molar-refractivity contribution in [3.8, 4) is 0 Å². The van der Waals surface area contributed by atoms with Gasteiger partial charge in [-0.1, -0.05) is 19.6 Å². The maximum Gasteiger partial charge on any atom is 0.323 e. The van der Waals surface area contributed by atoms with Gasteiger partial charge in [-0.25, -0.2) is 0 Å². The molecule has 0 aromatic carbocycles. The van der Waals surface area contributed by atoms with Crippen LogP contribution in [0, 0.1) is 0 Å². The first kappa shape index (κ1) is 20.1. The Morgan fingerprint density at radius 2 is 1.67 bits per heavy atom. The van der Waals surface area contributed by atoms with Crippen LogP contribution in [0.3, 0.4) is 0 Å². The molecule has 1 atom stereocenters. The molecule has 0 saturated carbocycles. The Kier molecular flexibility index (Phi) is 7.60. The van der Waals surface area contributed by atoms with E-state index in [-0.39, 0.29) is 24.5 Å². The topological polar surface area (TPSA) is 64.6 Å². The average molecular weight is 318 g/mol. The number of esters is 2. The van der Waals surface area contributed by atoms with E-state index in [2.05, 4.69) is 24.6 Å². The number of rotatable bonds is 7. The Morgan fingerprint density at radius 3 is 2.05 bits per heavy atom. The normalized spacial score (nSPS) is 14.0. The zero-order valence-electron chi connectivity index (χ0n) is 14.7.